The Morgan fingerprint density at radius 1 is 1.39 bits per heavy atom. The van der Waals surface area contributed by atoms with Crippen molar-refractivity contribution in [2.45, 2.75) is 19.5 Å². The molecule has 98 valence electrons. The fourth-order valence-electron chi connectivity index (χ4n) is 2.19. The summed E-state index contributed by atoms with van der Waals surface area (Å²) >= 11 is 0. The fourth-order valence-corrected chi connectivity index (χ4v) is 2.19. The maximum absolute atomic E-state index is 10.9. The van der Waals surface area contributed by atoms with Gasteiger partial charge in [0.2, 0.25) is 0 Å². The summed E-state index contributed by atoms with van der Waals surface area (Å²) < 4.78 is 0. The summed E-state index contributed by atoms with van der Waals surface area (Å²) in [4.78, 5) is 19.5. The van der Waals surface area contributed by atoms with E-state index in [9.17, 15) is 4.79 Å². The molecule has 2 heterocycles. The van der Waals surface area contributed by atoms with Gasteiger partial charge in [-0.15, -0.1) is 0 Å². The zero-order chi connectivity index (χ0) is 13.0. The van der Waals surface area contributed by atoms with Gasteiger partial charge in [0.15, 0.2) is 0 Å². The quantitative estimate of drug-likeness (QED) is 0.850. The normalized spacial score (nSPS) is 19.6. The molecule has 1 N–H and O–H groups in total. The van der Waals surface area contributed by atoms with Crippen molar-refractivity contribution in [3.63, 3.8) is 0 Å². The third-order valence-electron chi connectivity index (χ3n) is 3.42. The van der Waals surface area contributed by atoms with Crippen LogP contribution in [-0.2, 0) is 11.3 Å². The molecular formula is C13H19N3O2. The molecule has 18 heavy (non-hydrogen) atoms. The van der Waals surface area contributed by atoms with Crippen LogP contribution in [0.25, 0.3) is 0 Å². The topological polar surface area (TPSA) is 56.7 Å². The van der Waals surface area contributed by atoms with E-state index in [-0.39, 0.29) is 6.04 Å². The molecule has 1 aliphatic rings. The molecule has 0 bridgehead atoms. The number of nitrogens with zero attached hydrogens (tertiary/aromatic N) is 3. The molecule has 0 radical (unpaired) electrons. The highest BCUT2D eigenvalue weighted by atomic mass is 16.4. The molecule has 2 rings (SSSR count). The van der Waals surface area contributed by atoms with E-state index < -0.39 is 5.97 Å². The SMILES string of the molecule is C[C@H](C(=O)O)N1CCN(Cc2ccccn2)CC1. The monoisotopic (exact) mass is 249 g/mol. The lowest BCUT2D eigenvalue weighted by atomic mass is 10.2. The molecule has 0 aromatic carbocycles. The molecular weight excluding hydrogens is 230 g/mol. The van der Waals surface area contributed by atoms with Crippen LogP contribution in [0.4, 0.5) is 0 Å². The van der Waals surface area contributed by atoms with Crippen LogP contribution in [0.15, 0.2) is 24.4 Å². The lowest BCUT2D eigenvalue weighted by molar-refractivity contribution is -0.143. The molecule has 1 aromatic rings. The Hall–Kier alpha value is -1.46. The summed E-state index contributed by atoms with van der Waals surface area (Å²) in [5, 5.41) is 8.97. The van der Waals surface area contributed by atoms with Crippen molar-refractivity contribution in [3.05, 3.63) is 30.1 Å². The van der Waals surface area contributed by atoms with Crippen molar-refractivity contribution in [2.75, 3.05) is 26.2 Å². The van der Waals surface area contributed by atoms with Crippen molar-refractivity contribution in [2.24, 2.45) is 0 Å². The molecule has 1 atom stereocenters. The Morgan fingerprint density at radius 3 is 2.67 bits per heavy atom. The zero-order valence-electron chi connectivity index (χ0n) is 10.6. The average molecular weight is 249 g/mol. The van der Waals surface area contributed by atoms with E-state index in [4.69, 9.17) is 5.11 Å². The van der Waals surface area contributed by atoms with E-state index in [1.165, 1.54) is 0 Å². The van der Waals surface area contributed by atoms with Crippen LogP contribution in [0, 0.1) is 0 Å². The first kappa shape index (κ1) is 13.0. The van der Waals surface area contributed by atoms with E-state index in [0.29, 0.717) is 0 Å². The number of carbonyl (C=O) groups is 1. The highest BCUT2D eigenvalue weighted by Crippen LogP contribution is 2.09. The lowest BCUT2D eigenvalue weighted by Crippen LogP contribution is -2.51. The second-order valence-electron chi connectivity index (χ2n) is 4.65. The first-order valence-electron chi connectivity index (χ1n) is 6.26. The summed E-state index contributed by atoms with van der Waals surface area (Å²) in [6.07, 6.45) is 1.80. The van der Waals surface area contributed by atoms with Crippen molar-refractivity contribution < 1.29 is 9.90 Å². The van der Waals surface area contributed by atoms with Crippen molar-refractivity contribution in [1.29, 1.82) is 0 Å². The molecule has 0 spiro atoms. The first-order valence-corrected chi connectivity index (χ1v) is 6.26. The fraction of sp³-hybridized carbons (Fsp3) is 0.538. The standard InChI is InChI=1S/C13H19N3O2/c1-11(13(17)18)16-8-6-15(7-9-16)10-12-4-2-3-5-14-12/h2-5,11H,6-10H2,1H3,(H,17,18)/t11-/m1/s1. The predicted octanol–water partition coefficient (Wildman–Crippen LogP) is 0.672. The van der Waals surface area contributed by atoms with Gasteiger partial charge in [0, 0.05) is 38.9 Å². The number of piperazine rings is 1. The van der Waals surface area contributed by atoms with Crippen molar-refractivity contribution in [3.8, 4) is 0 Å². The average Bonchev–Trinajstić information content (AvgIpc) is 2.40. The van der Waals surface area contributed by atoms with Crippen LogP contribution in [-0.4, -0.2) is 58.1 Å². The smallest absolute Gasteiger partial charge is 0.320 e. The van der Waals surface area contributed by atoms with Gasteiger partial charge >= 0.3 is 5.97 Å². The van der Waals surface area contributed by atoms with Gasteiger partial charge in [0.25, 0.3) is 0 Å². The molecule has 0 saturated carbocycles. The van der Waals surface area contributed by atoms with Crippen LogP contribution in [0.2, 0.25) is 0 Å². The molecule has 5 heteroatoms. The number of aliphatic carboxylic acids is 1. The number of carboxylic acid groups (broad SMARTS) is 1. The maximum Gasteiger partial charge on any atom is 0.320 e. The minimum absolute atomic E-state index is 0.387. The van der Waals surface area contributed by atoms with Gasteiger partial charge in [-0.3, -0.25) is 19.6 Å². The van der Waals surface area contributed by atoms with Gasteiger partial charge in [0.1, 0.15) is 6.04 Å². The minimum atomic E-state index is -0.742. The Morgan fingerprint density at radius 2 is 2.11 bits per heavy atom. The summed E-state index contributed by atoms with van der Waals surface area (Å²) in [6, 6.07) is 5.54. The van der Waals surface area contributed by atoms with Gasteiger partial charge in [-0.25, -0.2) is 0 Å². The predicted molar refractivity (Wildman–Crippen MR) is 68.2 cm³/mol. The first-order chi connectivity index (χ1) is 8.66. The van der Waals surface area contributed by atoms with Crippen LogP contribution in [0.3, 0.4) is 0 Å². The highest BCUT2D eigenvalue weighted by molar-refractivity contribution is 5.72. The summed E-state index contributed by atoms with van der Waals surface area (Å²) in [7, 11) is 0. The van der Waals surface area contributed by atoms with E-state index in [2.05, 4.69) is 9.88 Å². The van der Waals surface area contributed by atoms with E-state index in [0.717, 1.165) is 38.4 Å². The highest BCUT2D eigenvalue weighted by Gasteiger charge is 2.24. The van der Waals surface area contributed by atoms with Gasteiger partial charge in [-0.1, -0.05) is 6.07 Å². The molecule has 1 saturated heterocycles. The second kappa shape index (κ2) is 5.93. The van der Waals surface area contributed by atoms with Gasteiger partial charge in [-0.2, -0.15) is 0 Å². The largest absolute Gasteiger partial charge is 0.480 e. The Labute approximate surface area is 107 Å². The van der Waals surface area contributed by atoms with Crippen LogP contribution >= 0.6 is 0 Å². The molecule has 5 nitrogen and oxygen atoms in total. The van der Waals surface area contributed by atoms with E-state index in [1.807, 2.05) is 23.1 Å². The van der Waals surface area contributed by atoms with Crippen LogP contribution in [0.1, 0.15) is 12.6 Å². The van der Waals surface area contributed by atoms with Crippen molar-refractivity contribution in [1.82, 2.24) is 14.8 Å². The van der Waals surface area contributed by atoms with E-state index in [1.54, 1.807) is 13.1 Å². The number of hydrogen-bond donors (Lipinski definition) is 1. The molecule has 0 amide bonds. The Balaban J connectivity index is 1.82. The summed E-state index contributed by atoms with van der Waals surface area (Å²) in [5.41, 5.74) is 1.07. The second-order valence-corrected chi connectivity index (χ2v) is 4.65. The van der Waals surface area contributed by atoms with Gasteiger partial charge in [0.05, 0.1) is 5.69 Å². The lowest BCUT2D eigenvalue weighted by Gasteiger charge is -2.36. The van der Waals surface area contributed by atoms with Crippen molar-refractivity contribution >= 4 is 5.97 Å². The molecule has 0 aliphatic carbocycles. The maximum atomic E-state index is 10.9. The third-order valence-corrected chi connectivity index (χ3v) is 3.42. The van der Waals surface area contributed by atoms with Gasteiger partial charge in [-0.05, 0) is 19.1 Å². The van der Waals surface area contributed by atoms with E-state index >= 15 is 0 Å². The number of aromatic nitrogens is 1. The summed E-state index contributed by atoms with van der Waals surface area (Å²) in [6.45, 7) is 6.00. The Kier molecular flexibility index (Phi) is 4.28. The number of rotatable bonds is 4. The number of pyridine rings is 1. The number of carboxylic acids is 1. The van der Waals surface area contributed by atoms with Gasteiger partial charge < -0.3 is 5.11 Å². The third kappa shape index (κ3) is 3.27. The van der Waals surface area contributed by atoms with Crippen LogP contribution in [0.5, 0.6) is 0 Å². The molecule has 1 fully saturated rings. The summed E-state index contributed by atoms with van der Waals surface area (Å²) in [5.74, 6) is -0.742. The molecule has 1 aliphatic heterocycles. The molecule has 1 aromatic heterocycles. The minimum Gasteiger partial charge on any atom is -0.480 e. The number of hydrogen-bond acceptors (Lipinski definition) is 4. The Bertz CT molecular complexity index is 388. The van der Waals surface area contributed by atoms with Crippen LogP contribution < -0.4 is 0 Å². The zero-order valence-corrected chi connectivity index (χ0v) is 10.6. The molecule has 0 unspecified atom stereocenters.